The SMILES string of the molecule is COc1c(Nc2cc(NC(=O)C3CC3)ncc2C(N)=O)cccc1-c1cnn(C2CC3(CCCC3)CC2OC)c1. The van der Waals surface area contributed by atoms with Crippen molar-refractivity contribution in [1.29, 1.82) is 0 Å². The van der Waals surface area contributed by atoms with E-state index in [9.17, 15) is 9.59 Å². The van der Waals surface area contributed by atoms with Crippen molar-refractivity contribution >= 4 is 29.0 Å². The number of benzene rings is 1. The molecule has 1 spiro atoms. The number of amides is 2. The number of rotatable bonds is 9. The minimum atomic E-state index is -0.629. The van der Waals surface area contributed by atoms with Gasteiger partial charge in [-0.1, -0.05) is 25.0 Å². The minimum Gasteiger partial charge on any atom is -0.494 e. The first kappa shape index (κ1) is 26.3. The van der Waals surface area contributed by atoms with Gasteiger partial charge >= 0.3 is 0 Å². The van der Waals surface area contributed by atoms with Crippen LogP contribution in [0.2, 0.25) is 0 Å². The molecule has 210 valence electrons. The van der Waals surface area contributed by atoms with Crippen molar-refractivity contribution in [1.82, 2.24) is 14.8 Å². The molecule has 3 aliphatic rings. The molecule has 0 radical (unpaired) electrons. The molecule has 1 aromatic carbocycles. The van der Waals surface area contributed by atoms with Crippen LogP contribution < -0.4 is 21.1 Å². The molecule has 3 saturated carbocycles. The Morgan fingerprint density at radius 1 is 1.10 bits per heavy atom. The lowest BCUT2D eigenvalue weighted by molar-refractivity contribution is -0.117. The molecule has 3 aromatic rings. The quantitative estimate of drug-likeness (QED) is 0.343. The van der Waals surface area contributed by atoms with Crippen molar-refractivity contribution in [2.75, 3.05) is 24.9 Å². The number of nitrogens with one attached hydrogen (secondary N) is 2. The number of carbonyl (C=O) groups is 2. The summed E-state index contributed by atoms with van der Waals surface area (Å²) in [6, 6.07) is 7.58. The third-order valence-corrected chi connectivity index (χ3v) is 8.78. The summed E-state index contributed by atoms with van der Waals surface area (Å²) in [7, 11) is 3.41. The van der Waals surface area contributed by atoms with Gasteiger partial charge in [-0.05, 0) is 50.0 Å². The van der Waals surface area contributed by atoms with Crippen LogP contribution >= 0.6 is 0 Å². The summed E-state index contributed by atoms with van der Waals surface area (Å²) in [6.07, 6.45) is 14.5. The number of pyridine rings is 1. The highest BCUT2D eigenvalue weighted by Crippen LogP contribution is 2.55. The second kappa shape index (κ2) is 10.6. The van der Waals surface area contributed by atoms with Crippen LogP contribution in [0, 0.1) is 11.3 Å². The van der Waals surface area contributed by atoms with E-state index in [0.717, 1.165) is 36.8 Å². The second-order valence-electron chi connectivity index (χ2n) is 11.4. The van der Waals surface area contributed by atoms with E-state index in [4.69, 9.17) is 20.3 Å². The standard InChI is InChI=1S/C30H36N6O4/c1-39-25-14-30(10-3-4-11-30)13-24(25)36-17-19(15-33-36)20-6-5-7-22(27(20)40-2)34-23-12-26(32-16-21(23)28(31)37)35-29(38)18-8-9-18/h5-7,12,15-18,24-25H,3-4,8-11,13-14H2,1-2H3,(H2,31,37)(H2,32,34,35,38). The first-order chi connectivity index (χ1) is 19.4. The molecule has 2 heterocycles. The number of methoxy groups -OCH3 is 2. The molecule has 2 amide bonds. The summed E-state index contributed by atoms with van der Waals surface area (Å²) in [6.45, 7) is 0. The van der Waals surface area contributed by atoms with Crippen LogP contribution in [-0.4, -0.2) is 46.9 Å². The highest BCUT2D eigenvalue weighted by Gasteiger charge is 2.47. The zero-order chi connectivity index (χ0) is 27.9. The summed E-state index contributed by atoms with van der Waals surface area (Å²) in [5, 5.41) is 10.9. The van der Waals surface area contributed by atoms with Crippen molar-refractivity contribution in [2.24, 2.45) is 17.1 Å². The summed E-state index contributed by atoms with van der Waals surface area (Å²) >= 11 is 0. The van der Waals surface area contributed by atoms with E-state index < -0.39 is 5.91 Å². The first-order valence-electron chi connectivity index (χ1n) is 14.0. The van der Waals surface area contributed by atoms with Gasteiger partial charge in [0.15, 0.2) is 0 Å². The summed E-state index contributed by atoms with van der Waals surface area (Å²) in [5.41, 5.74) is 9.07. The van der Waals surface area contributed by atoms with Gasteiger partial charge < -0.3 is 25.8 Å². The fraction of sp³-hybridized carbons (Fsp3) is 0.467. The third-order valence-electron chi connectivity index (χ3n) is 8.78. The number of ether oxygens (including phenoxy) is 2. The van der Waals surface area contributed by atoms with Gasteiger partial charge in [0.25, 0.3) is 5.91 Å². The normalized spacial score (nSPS) is 21.4. The van der Waals surface area contributed by atoms with E-state index in [2.05, 4.69) is 26.5 Å². The molecule has 40 heavy (non-hydrogen) atoms. The number of nitrogens with zero attached hydrogens (tertiary/aromatic N) is 3. The van der Waals surface area contributed by atoms with E-state index in [1.165, 1.54) is 31.9 Å². The average molecular weight is 545 g/mol. The largest absolute Gasteiger partial charge is 0.494 e. The van der Waals surface area contributed by atoms with Crippen LogP contribution in [0.4, 0.5) is 17.2 Å². The molecule has 10 heteroatoms. The molecule has 6 rings (SSSR count). The number of anilines is 3. The Bertz CT molecular complexity index is 1430. The Kier molecular flexibility index (Phi) is 6.95. The van der Waals surface area contributed by atoms with Crippen molar-refractivity contribution in [3.05, 3.63) is 48.4 Å². The molecule has 4 N–H and O–H groups in total. The van der Waals surface area contributed by atoms with E-state index >= 15 is 0 Å². The molecule has 3 aliphatic carbocycles. The van der Waals surface area contributed by atoms with Crippen LogP contribution in [0.15, 0.2) is 42.9 Å². The minimum absolute atomic E-state index is 0.0267. The maximum Gasteiger partial charge on any atom is 0.252 e. The first-order valence-corrected chi connectivity index (χ1v) is 14.0. The molecule has 2 unspecified atom stereocenters. The lowest BCUT2D eigenvalue weighted by Crippen LogP contribution is -2.20. The van der Waals surface area contributed by atoms with Crippen LogP contribution in [0.25, 0.3) is 11.1 Å². The van der Waals surface area contributed by atoms with E-state index in [1.54, 1.807) is 20.3 Å². The Balaban J connectivity index is 1.28. The highest BCUT2D eigenvalue weighted by molar-refractivity contribution is 6.01. The Labute approximate surface area is 233 Å². The van der Waals surface area contributed by atoms with E-state index in [1.807, 2.05) is 24.4 Å². The number of para-hydroxylation sites is 1. The van der Waals surface area contributed by atoms with Gasteiger partial charge in [-0.2, -0.15) is 5.10 Å². The topological polar surface area (TPSA) is 133 Å². The van der Waals surface area contributed by atoms with Crippen LogP contribution in [0.3, 0.4) is 0 Å². The third kappa shape index (κ3) is 5.03. The molecule has 0 aliphatic heterocycles. The average Bonchev–Trinajstić information content (AvgIpc) is 3.35. The zero-order valence-electron chi connectivity index (χ0n) is 23.0. The lowest BCUT2D eigenvalue weighted by Gasteiger charge is -2.22. The summed E-state index contributed by atoms with van der Waals surface area (Å²) in [5.74, 6) is 0.276. The maximum absolute atomic E-state index is 12.3. The van der Waals surface area contributed by atoms with Crippen molar-refractivity contribution < 1.29 is 19.1 Å². The second-order valence-corrected chi connectivity index (χ2v) is 11.4. The van der Waals surface area contributed by atoms with E-state index in [0.29, 0.717) is 28.4 Å². The number of hydrogen-bond acceptors (Lipinski definition) is 7. The molecule has 2 atom stereocenters. The maximum atomic E-state index is 12.3. The van der Waals surface area contributed by atoms with Gasteiger partial charge in [0.2, 0.25) is 5.91 Å². The van der Waals surface area contributed by atoms with Gasteiger partial charge in [0.05, 0.1) is 42.4 Å². The monoisotopic (exact) mass is 544 g/mol. The van der Waals surface area contributed by atoms with Gasteiger partial charge in [-0.3, -0.25) is 14.3 Å². The number of hydrogen-bond donors (Lipinski definition) is 3. The van der Waals surface area contributed by atoms with Crippen LogP contribution in [0.5, 0.6) is 5.75 Å². The molecule has 10 nitrogen and oxygen atoms in total. The van der Waals surface area contributed by atoms with Crippen LogP contribution in [0.1, 0.15) is 67.8 Å². The number of nitrogens with two attached hydrogens (primary N) is 1. The Morgan fingerprint density at radius 3 is 2.60 bits per heavy atom. The summed E-state index contributed by atoms with van der Waals surface area (Å²) in [4.78, 5) is 28.7. The molecule has 2 aromatic heterocycles. The van der Waals surface area contributed by atoms with Crippen molar-refractivity contribution in [3.63, 3.8) is 0 Å². The molecule has 0 bridgehead atoms. The van der Waals surface area contributed by atoms with Crippen molar-refractivity contribution in [2.45, 2.75) is 63.5 Å². The smallest absolute Gasteiger partial charge is 0.252 e. The van der Waals surface area contributed by atoms with Crippen LogP contribution in [-0.2, 0) is 9.53 Å². The molecule has 3 fully saturated rings. The predicted octanol–water partition coefficient (Wildman–Crippen LogP) is 5.06. The lowest BCUT2D eigenvalue weighted by atomic mass is 9.84. The Hall–Kier alpha value is -3.92. The van der Waals surface area contributed by atoms with Crippen molar-refractivity contribution in [3.8, 4) is 16.9 Å². The fourth-order valence-corrected chi connectivity index (χ4v) is 6.54. The molecular weight excluding hydrogens is 508 g/mol. The van der Waals surface area contributed by atoms with Gasteiger partial charge in [-0.25, -0.2) is 4.98 Å². The number of carbonyl (C=O) groups excluding carboxylic acids is 2. The fourth-order valence-electron chi connectivity index (χ4n) is 6.54. The number of aromatic nitrogens is 3. The van der Waals surface area contributed by atoms with Gasteiger partial charge in [-0.15, -0.1) is 0 Å². The summed E-state index contributed by atoms with van der Waals surface area (Å²) < 4.78 is 13.8. The molecular formula is C30H36N6O4. The molecule has 0 saturated heterocycles. The number of primary amides is 1. The zero-order valence-corrected chi connectivity index (χ0v) is 23.0. The van der Waals surface area contributed by atoms with Gasteiger partial charge in [0.1, 0.15) is 11.6 Å². The highest BCUT2D eigenvalue weighted by atomic mass is 16.5. The van der Waals surface area contributed by atoms with Gasteiger partial charge in [0, 0.05) is 42.6 Å². The predicted molar refractivity (Wildman–Crippen MR) is 152 cm³/mol. The Morgan fingerprint density at radius 2 is 1.90 bits per heavy atom. The van der Waals surface area contributed by atoms with E-state index in [-0.39, 0.29) is 29.5 Å².